The molecule has 1 aromatic rings. The van der Waals surface area contributed by atoms with Crippen LogP contribution < -0.4 is 10.0 Å². The molecule has 120 valence electrons. The zero-order chi connectivity index (χ0) is 15.3. The van der Waals surface area contributed by atoms with E-state index in [1.54, 1.807) is 6.07 Å². The molecule has 8 heteroatoms. The van der Waals surface area contributed by atoms with E-state index in [1.807, 2.05) is 7.05 Å². The Hall–Kier alpha value is 0.01000. The van der Waals surface area contributed by atoms with Gasteiger partial charge in [-0.25, -0.2) is 13.1 Å². The molecule has 1 aromatic heterocycles. The van der Waals surface area contributed by atoms with Crippen LogP contribution >= 0.6 is 27.3 Å². The van der Waals surface area contributed by atoms with Gasteiger partial charge in [0.2, 0.25) is 10.0 Å². The first-order valence-electron chi connectivity index (χ1n) is 7.18. The molecule has 0 amide bonds. The van der Waals surface area contributed by atoms with Crippen LogP contribution in [0.3, 0.4) is 0 Å². The highest BCUT2D eigenvalue weighted by molar-refractivity contribution is 9.11. The van der Waals surface area contributed by atoms with Crippen molar-refractivity contribution in [2.75, 3.05) is 33.2 Å². The highest BCUT2D eigenvalue weighted by atomic mass is 79.9. The Morgan fingerprint density at radius 1 is 1.38 bits per heavy atom. The van der Waals surface area contributed by atoms with Crippen LogP contribution in [0.4, 0.5) is 0 Å². The van der Waals surface area contributed by atoms with Crippen LogP contribution in [0.2, 0.25) is 0 Å². The smallest absolute Gasteiger partial charge is 0.242 e. The molecule has 21 heavy (non-hydrogen) atoms. The van der Waals surface area contributed by atoms with Crippen LogP contribution in [0, 0.1) is 0 Å². The van der Waals surface area contributed by atoms with E-state index in [0.29, 0.717) is 21.8 Å². The molecule has 1 fully saturated rings. The van der Waals surface area contributed by atoms with E-state index in [0.717, 1.165) is 30.9 Å². The SMILES string of the molecule is CNCc1cc(S(=O)(=O)NCCCN2CCCC2)c(Br)s1. The van der Waals surface area contributed by atoms with E-state index in [9.17, 15) is 8.42 Å². The minimum absolute atomic E-state index is 0.346. The van der Waals surface area contributed by atoms with E-state index in [1.165, 1.54) is 24.2 Å². The van der Waals surface area contributed by atoms with Crippen LogP contribution in [0.15, 0.2) is 14.7 Å². The minimum Gasteiger partial charge on any atom is -0.315 e. The molecule has 2 heterocycles. The molecule has 0 aromatic carbocycles. The van der Waals surface area contributed by atoms with Crippen molar-refractivity contribution in [2.24, 2.45) is 0 Å². The number of likely N-dealkylation sites (tertiary alicyclic amines) is 1. The molecule has 2 rings (SSSR count). The van der Waals surface area contributed by atoms with Gasteiger partial charge in [0.05, 0.1) is 3.79 Å². The monoisotopic (exact) mass is 395 g/mol. The largest absolute Gasteiger partial charge is 0.315 e. The lowest BCUT2D eigenvalue weighted by Crippen LogP contribution is -2.28. The third-order valence-corrected chi connectivity index (χ3v) is 7.20. The van der Waals surface area contributed by atoms with Gasteiger partial charge in [-0.2, -0.15) is 0 Å². The summed E-state index contributed by atoms with van der Waals surface area (Å²) in [4.78, 5) is 3.74. The molecule has 0 radical (unpaired) electrons. The zero-order valence-electron chi connectivity index (χ0n) is 12.2. The summed E-state index contributed by atoms with van der Waals surface area (Å²) < 4.78 is 28.0. The fourth-order valence-corrected chi connectivity index (χ4v) is 6.20. The van der Waals surface area contributed by atoms with E-state index in [-0.39, 0.29) is 0 Å². The van der Waals surface area contributed by atoms with E-state index < -0.39 is 10.0 Å². The summed E-state index contributed by atoms with van der Waals surface area (Å²) in [5.41, 5.74) is 0. The lowest BCUT2D eigenvalue weighted by Gasteiger charge is -2.14. The first-order valence-corrected chi connectivity index (χ1v) is 10.3. The Labute approximate surface area is 139 Å². The van der Waals surface area contributed by atoms with Crippen molar-refractivity contribution < 1.29 is 8.42 Å². The summed E-state index contributed by atoms with van der Waals surface area (Å²) in [6.45, 7) is 4.43. The molecular formula is C13H22BrN3O2S2. The predicted octanol–water partition coefficient (Wildman–Crippen LogP) is 1.99. The summed E-state index contributed by atoms with van der Waals surface area (Å²) in [6, 6.07) is 1.73. The first kappa shape index (κ1) is 17.4. The number of nitrogens with zero attached hydrogens (tertiary/aromatic N) is 1. The van der Waals surface area contributed by atoms with Gasteiger partial charge in [0.1, 0.15) is 4.90 Å². The fourth-order valence-electron chi connectivity index (χ4n) is 2.44. The fraction of sp³-hybridized carbons (Fsp3) is 0.692. The van der Waals surface area contributed by atoms with Crippen molar-refractivity contribution in [1.29, 1.82) is 0 Å². The van der Waals surface area contributed by atoms with Crippen molar-refractivity contribution in [3.63, 3.8) is 0 Å². The van der Waals surface area contributed by atoms with Crippen LogP contribution in [0.5, 0.6) is 0 Å². The summed E-state index contributed by atoms with van der Waals surface area (Å²) >= 11 is 4.80. The highest BCUT2D eigenvalue weighted by Gasteiger charge is 2.20. The molecule has 1 saturated heterocycles. The second kappa shape index (κ2) is 8.03. The van der Waals surface area contributed by atoms with Gasteiger partial charge in [-0.3, -0.25) is 0 Å². The maximum atomic E-state index is 12.3. The number of hydrogen-bond donors (Lipinski definition) is 2. The zero-order valence-corrected chi connectivity index (χ0v) is 15.4. The van der Waals surface area contributed by atoms with Crippen LogP contribution in [-0.2, 0) is 16.6 Å². The van der Waals surface area contributed by atoms with Gasteiger partial charge in [0, 0.05) is 18.0 Å². The van der Waals surface area contributed by atoms with Crippen molar-refractivity contribution in [2.45, 2.75) is 30.7 Å². The van der Waals surface area contributed by atoms with Gasteiger partial charge in [-0.1, -0.05) is 0 Å². The van der Waals surface area contributed by atoms with Gasteiger partial charge >= 0.3 is 0 Å². The van der Waals surface area contributed by atoms with Gasteiger partial charge in [0.15, 0.2) is 0 Å². The molecule has 2 N–H and O–H groups in total. The number of thiophene rings is 1. The van der Waals surface area contributed by atoms with Crippen LogP contribution in [0.1, 0.15) is 24.1 Å². The van der Waals surface area contributed by atoms with E-state index in [4.69, 9.17) is 0 Å². The van der Waals surface area contributed by atoms with Gasteiger partial charge in [0.25, 0.3) is 0 Å². The lowest BCUT2D eigenvalue weighted by molar-refractivity contribution is 0.334. The van der Waals surface area contributed by atoms with Gasteiger partial charge < -0.3 is 10.2 Å². The Bertz CT molecular complexity index is 554. The molecular weight excluding hydrogens is 374 g/mol. The van der Waals surface area contributed by atoms with Gasteiger partial charge in [-0.15, -0.1) is 11.3 Å². The first-order chi connectivity index (χ1) is 10.0. The summed E-state index contributed by atoms with van der Waals surface area (Å²) in [6.07, 6.45) is 3.38. The number of halogens is 1. The van der Waals surface area contributed by atoms with Gasteiger partial charge in [-0.05, 0) is 67.9 Å². The normalized spacial score (nSPS) is 16.7. The maximum Gasteiger partial charge on any atom is 0.242 e. The highest BCUT2D eigenvalue weighted by Crippen LogP contribution is 2.31. The summed E-state index contributed by atoms with van der Waals surface area (Å²) in [5.74, 6) is 0. The summed E-state index contributed by atoms with van der Waals surface area (Å²) in [7, 11) is -1.57. The second-order valence-electron chi connectivity index (χ2n) is 5.18. The standard InChI is InChI=1S/C13H22BrN3O2S2/c1-15-10-11-9-12(13(14)20-11)21(18,19)16-5-4-8-17-6-2-3-7-17/h9,15-16H,2-8,10H2,1H3. The molecule has 0 spiro atoms. The average Bonchev–Trinajstić information content (AvgIpc) is 3.05. The van der Waals surface area contributed by atoms with Crippen LogP contribution in [-0.4, -0.2) is 46.5 Å². The molecule has 0 saturated carbocycles. The quantitative estimate of drug-likeness (QED) is 0.660. The molecule has 5 nitrogen and oxygen atoms in total. The molecule has 0 atom stereocenters. The van der Waals surface area contributed by atoms with Crippen molar-refractivity contribution in [3.05, 3.63) is 14.7 Å². The van der Waals surface area contributed by atoms with Crippen molar-refractivity contribution in [1.82, 2.24) is 14.9 Å². The number of nitrogens with one attached hydrogen (secondary N) is 2. The summed E-state index contributed by atoms with van der Waals surface area (Å²) in [5, 5.41) is 3.03. The van der Waals surface area contributed by atoms with Crippen LogP contribution in [0.25, 0.3) is 0 Å². The third kappa shape index (κ3) is 5.01. The maximum absolute atomic E-state index is 12.3. The molecule has 1 aliphatic heterocycles. The second-order valence-corrected chi connectivity index (χ2v) is 9.37. The minimum atomic E-state index is -3.42. The Kier molecular flexibility index (Phi) is 6.64. The van der Waals surface area contributed by atoms with Crippen molar-refractivity contribution >= 4 is 37.3 Å². The third-order valence-electron chi connectivity index (χ3n) is 3.49. The topological polar surface area (TPSA) is 61.4 Å². The van der Waals surface area contributed by atoms with Crippen molar-refractivity contribution in [3.8, 4) is 0 Å². The molecule has 0 unspecified atom stereocenters. The van der Waals surface area contributed by atoms with E-state index >= 15 is 0 Å². The lowest BCUT2D eigenvalue weighted by atomic mass is 10.4. The Balaban J connectivity index is 1.85. The average molecular weight is 396 g/mol. The number of rotatable bonds is 8. The molecule has 0 bridgehead atoms. The molecule has 1 aliphatic rings. The van der Waals surface area contributed by atoms with E-state index in [2.05, 4.69) is 30.9 Å². The Morgan fingerprint density at radius 2 is 2.10 bits per heavy atom. The number of hydrogen-bond acceptors (Lipinski definition) is 5. The number of sulfonamides is 1. The molecule has 0 aliphatic carbocycles. The Morgan fingerprint density at radius 3 is 2.76 bits per heavy atom. The predicted molar refractivity (Wildman–Crippen MR) is 90.3 cm³/mol.